The Morgan fingerprint density at radius 3 is 2.30 bits per heavy atom. The van der Waals surface area contributed by atoms with Crippen molar-refractivity contribution in [1.29, 1.82) is 0 Å². The third-order valence-electron chi connectivity index (χ3n) is 3.27. The van der Waals surface area contributed by atoms with E-state index in [-0.39, 0.29) is 18.4 Å². The topological polar surface area (TPSA) is 58.2 Å². The highest BCUT2D eigenvalue weighted by Gasteiger charge is 2.19. The van der Waals surface area contributed by atoms with Crippen LogP contribution in [0.25, 0.3) is 0 Å². The maximum Gasteiger partial charge on any atom is 0.233 e. The average Bonchev–Trinajstić information content (AvgIpc) is 2.86. The highest BCUT2D eigenvalue weighted by atomic mass is 35.5. The van der Waals surface area contributed by atoms with E-state index >= 15 is 0 Å². The standard InChI is InChI=1S/C14H16Cl2N2O2/c15-10-6-3-7-11(16)14(10)18-13(20)8-12(19)17-9-4-1-2-5-9/h3,6-7,9H,1-2,4-5,8H2,(H,17,19)(H,18,20). The predicted octanol–water partition coefficient (Wildman–Crippen LogP) is 3.38. The second-order valence-electron chi connectivity index (χ2n) is 4.87. The first-order valence-corrected chi connectivity index (χ1v) is 7.35. The van der Waals surface area contributed by atoms with Crippen LogP contribution >= 0.6 is 23.2 Å². The van der Waals surface area contributed by atoms with Crippen LogP contribution in [0.2, 0.25) is 10.0 Å². The molecule has 108 valence electrons. The molecule has 1 saturated carbocycles. The molecule has 0 radical (unpaired) electrons. The first-order valence-electron chi connectivity index (χ1n) is 6.59. The molecule has 0 aromatic heterocycles. The largest absolute Gasteiger partial charge is 0.353 e. The lowest BCUT2D eigenvalue weighted by molar-refractivity contribution is -0.127. The van der Waals surface area contributed by atoms with Crippen LogP contribution in [0.5, 0.6) is 0 Å². The van der Waals surface area contributed by atoms with Crippen LogP contribution in [-0.2, 0) is 9.59 Å². The molecule has 0 spiro atoms. The zero-order valence-electron chi connectivity index (χ0n) is 10.9. The fourth-order valence-electron chi connectivity index (χ4n) is 2.30. The van der Waals surface area contributed by atoms with Crippen LogP contribution in [-0.4, -0.2) is 17.9 Å². The van der Waals surface area contributed by atoms with E-state index in [4.69, 9.17) is 23.2 Å². The van der Waals surface area contributed by atoms with Crippen molar-refractivity contribution in [3.05, 3.63) is 28.2 Å². The average molecular weight is 315 g/mol. The molecule has 0 aliphatic heterocycles. The molecule has 1 aromatic carbocycles. The molecule has 0 unspecified atom stereocenters. The molecular weight excluding hydrogens is 299 g/mol. The van der Waals surface area contributed by atoms with E-state index in [1.165, 1.54) is 0 Å². The molecule has 1 aromatic rings. The molecule has 0 saturated heterocycles. The summed E-state index contributed by atoms with van der Waals surface area (Å²) in [5.41, 5.74) is 0.342. The van der Waals surface area contributed by atoms with Crippen molar-refractivity contribution in [1.82, 2.24) is 5.32 Å². The summed E-state index contributed by atoms with van der Waals surface area (Å²) in [5.74, 6) is -0.687. The van der Waals surface area contributed by atoms with E-state index in [2.05, 4.69) is 10.6 Å². The van der Waals surface area contributed by atoms with Gasteiger partial charge in [0.1, 0.15) is 6.42 Å². The number of rotatable bonds is 4. The molecule has 1 aliphatic rings. The molecule has 0 heterocycles. The maximum atomic E-state index is 11.8. The third-order valence-corrected chi connectivity index (χ3v) is 3.90. The minimum Gasteiger partial charge on any atom is -0.353 e. The first-order chi connectivity index (χ1) is 9.56. The van der Waals surface area contributed by atoms with Crippen molar-refractivity contribution < 1.29 is 9.59 Å². The number of hydrogen-bond donors (Lipinski definition) is 2. The van der Waals surface area contributed by atoms with Crippen molar-refractivity contribution >= 4 is 40.7 Å². The molecule has 6 heteroatoms. The van der Waals surface area contributed by atoms with Crippen LogP contribution in [0.3, 0.4) is 0 Å². The Bertz CT molecular complexity index is 494. The molecule has 2 N–H and O–H groups in total. The second-order valence-corrected chi connectivity index (χ2v) is 5.68. The summed E-state index contributed by atoms with van der Waals surface area (Å²) < 4.78 is 0. The van der Waals surface area contributed by atoms with E-state index in [1.54, 1.807) is 18.2 Å². The highest BCUT2D eigenvalue weighted by Crippen LogP contribution is 2.29. The molecular formula is C14H16Cl2N2O2. The highest BCUT2D eigenvalue weighted by molar-refractivity contribution is 6.39. The van der Waals surface area contributed by atoms with Gasteiger partial charge in [0.2, 0.25) is 11.8 Å². The fourth-order valence-corrected chi connectivity index (χ4v) is 2.79. The van der Waals surface area contributed by atoms with Gasteiger partial charge in [-0.25, -0.2) is 0 Å². The minimum atomic E-state index is -0.421. The van der Waals surface area contributed by atoms with Gasteiger partial charge >= 0.3 is 0 Å². The van der Waals surface area contributed by atoms with E-state index in [0.717, 1.165) is 25.7 Å². The monoisotopic (exact) mass is 314 g/mol. The van der Waals surface area contributed by atoms with Crippen LogP contribution < -0.4 is 10.6 Å². The van der Waals surface area contributed by atoms with Gasteiger partial charge in [-0.05, 0) is 25.0 Å². The second kappa shape index (κ2) is 6.95. The van der Waals surface area contributed by atoms with Crippen molar-refractivity contribution in [2.75, 3.05) is 5.32 Å². The number of benzene rings is 1. The number of halogens is 2. The fraction of sp³-hybridized carbons (Fsp3) is 0.429. The predicted molar refractivity (Wildman–Crippen MR) is 80.1 cm³/mol. The zero-order valence-corrected chi connectivity index (χ0v) is 12.4. The van der Waals surface area contributed by atoms with Gasteiger partial charge in [0.15, 0.2) is 0 Å². The van der Waals surface area contributed by atoms with Gasteiger partial charge in [-0.3, -0.25) is 9.59 Å². The number of amides is 2. The summed E-state index contributed by atoms with van der Waals surface area (Å²) in [5, 5.41) is 6.13. The zero-order chi connectivity index (χ0) is 14.5. The lowest BCUT2D eigenvalue weighted by atomic mass is 10.2. The molecule has 0 bridgehead atoms. The number of hydrogen-bond acceptors (Lipinski definition) is 2. The Hall–Kier alpha value is -1.26. The lowest BCUT2D eigenvalue weighted by Crippen LogP contribution is -2.35. The van der Waals surface area contributed by atoms with Crippen molar-refractivity contribution in [2.24, 2.45) is 0 Å². The molecule has 20 heavy (non-hydrogen) atoms. The Morgan fingerprint density at radius 1 is 1.10 bits per heavy atom. The Morgan fingerprint density at radius 2 is 1.70 bits per heavy atom. The molecule has 1 aliphatic carbocycles. The third kappa shape index (κ3) is 4.12. The first kappa shape index (κ1) is 15.1. The summed E-state index contributed by atoms with van der Waals surface area (Å²) in [4.78, 5) is 23.5. The van der Waals surface area contributed by atoms with Gasteiger partial charge in [0.05, 0.1) is 15.7 Å². The number of carbonyl (C=O) groups excluding carboxylic acids is 2. The molecule has 4 nitrogen and oxygen atoms in total. The number of carbonyl (C=O) groups is 2. The van der Waals surface area contributed by atoms with Crippen molar-refractivity contribution in [3.8, 4) is 0 Å². The van der Waals surface area contributed by atoms with E-state index < -0.39 is 5.91 Å². The number of anilines is 1. The van der Waals surface area contributed by atoms with Gasteiger partial charge in [-0.15, -0.1) is 0 Å². The van der Waals surface area contributed by atoms with Crippen LogP contribution in [0.1, 0.15) is 32.1 Å². The van der Waals surface area contributed by atoms with Crippen LogP contribution in [0, 0.1) is 0 Å². The molecule has 2 amide bonds. The normalized spacial score (nSPS) is 15.1. The summed E-state index contributed by atoms with van der Waals surface area (Å²) in [6.45, 7) is 0. The summed E-state index contributed by atoms with van der Waals surface area (Å²) in [6.07, 6.45) is 4.02. The van der Waals surface area contributed by atoms with Gasteiger partial charge < -0.3 is 10.6 Å². The number of nitrogens with one attached hydrogen (secondary N) is 2. The Labute approximate surface area is 127 Å². The smallest absolute Gasteiger partial charge is 0.233 e. The summed E-state index contributed by atoms with van der Waals surface area (Å²) in [7, 11) is 0. The lowest BCUT2D eigenvalue weighted by Gasteiger charge is -2.12. The summed E-state index contributed by atoms with van der Waals surface area (Å²) in [6, 6.07) is 5.15. The molecule has 0 atom stereocenters. The minimum absolute atomic E-state index is 0.208. The van der Waals surface area contributed by atoms with E-state index in [9.17, 15) is 9.59 Å². The quantitative estimate of drug-likeness (QED) is 0.837. The van der Waals surface area contributed by atoms with Gasteiger partial charge in [-0.1, -0.05) is 42.1 Å². The Balaban J connectivity index is 1.87. The van der Waals surface area contributed by atoms with Gasteiger partial charge in [0.25, 0.3) is 0 Å². The summed E-state index contributed by atoms with van der Waals surface area (Å²) >= 11 is 11.9. The molecule has 2 rings (SSSR count). The van der Waals surface area contributed by atoms with Gasteiger partial charge in [0, 0.05) is 6.04 Å². The SMILES string of the molecule is O=C(CC(=O)NC1CCCC1)Nc1c(Cl)cccc1Cl. The van der Waals surface area contributed by atoms with Gasteiger partial charge in [-0.2, -0.15) is 0 Å². The van der Waals surface area contributed by atoms with Crippen LogP contribution in [0.4, 0.5) is 5.69 Å². The number of para-hydroxylation sites is 1. The Kier molecular flexibility index (Phi) is 5.26. The van der Waals surface area contributed by atoms with Crippen LogP contribution in [0.15, 0.2) is 18.2 Å². The van der Waals surface area contributed by atoms with Crippen molar-refractivity contribution in [3.63, 3.8) is 0 Å². The van der Waals surface area contributed by atoms with E-state index in [1.807, 2.05) is 0 Å². The van der Waals surface area contributed by atoms with E-state index in [0.29, 0.717) is 15.7 Å². The maximum absolute atomic E-state index is 11.8. The van der Waals surface area contributed by atoms with Crippen molar-refractivity contribution in [2.45, 2.75) is 38.1 Å². The molecule has 1 fully saturated rings.